The van der Waals surface area contributed by atoms with Crippen molar-refractivity contribution in [2.24, 2.45) is 13.0 Å². The standard InChI is InChI=1S/C10H17N5O/c1-15-13-10(12-14-15)6-9(16)3-2-8-4-5-11-7-8/h8,11H,2-7H2,1H3. The van der Waals surface area contributed by atoms with Crippen LogP contribution in [-0.4, -0.2) is 39.1 Å². The molecule has 0 radical (unpaired) electrons. The van der Waals surface area contributed by atoms with Crippen molar-refractivity contribution in [3.63, 3.8) is 0 Å². The van der Waals surface area contributed by atoms with Crippen LogP contribution in [0.5, 0.6) is 0 Å². The van der Waals surface area contributed by atoms with Crippen molar-refractivity contribution in [3.05, 3.63) is 5.82 Å². The molecular formula is C10H17N5O. The highest BCUT2D eigenvalue weighted by molar-refractivity contribution is 5.79. The molecule has 6 heteroatoms. The zero-order valence-corrected chi connectivity index (χ0v) is 9.52. The normalized spacial score (nSPS) is 20.2. The summed E-state index contributed by atoms with van der Waals surface area (Å²) in [5.41, 5.74) is 0. The van der Waals surface area contributed by atoms with Crippen molar-refractivity contribution in [2.45, 2.75) is 25.7 Å². The molecule has 1 aliphatic heterocycles. The van der Waals surface area contributed by atoms with Crippen LogP contribution in [0.3, 0.4) is 0 Å². The fraction of sp³-hybridized carbons (Fsp3) is 0.800. The van der Waals surface area contributed by atoms with E-state index in [1.165, 1.54) is 11.2 Å². The molecule has 0 saturated carbocycles. The topological polar surface area (TPSA) is 72.7 Å². The second kappa shape index (κ2) is 5.16. The van der Waals surface area contributed by atoms with Crippen LogP contribution in [0.25, 0.3) is 0 Å². The van der Waals surface area contributed by atoms with Crippen molar-refractivity contribution >= 4 is 5.78 Å². The lowest BCUT2D eigenvalue weighted by atomic mass is 10.00. The number of hydrogen-bond donors (Lipinski definition) is 1. The third kappa shape index (κ3) is 3.10. The summed E-state index contributed by atoms with van der Waals surface area (Å²) in [4.78, 5) is 13.0. The Morgan fingerprint density at radius 3 is 3.12 bits per heavy atom. The average Bonchev–Trinajstić information content (AvgIpc) is 2.87. The molecule has 1 N–H and O–H groups in total. The molecule has 0 spiro atoms. The minimum absolute atomic E-state index is 0.208. The molecule has 2 heterocycles. The highest BCUT2D eigenvalue weighted by atomic mass is 16.1. The van der Waals surface area contributed by atoms with Crippen LogP contribution in [-0.2, 0) is 18.3 Å². The molecule has 0 amide bonds. The fourth-order valence-electron chi connectivity index (χ4n) is 1.98. The largest absolute Gasteiger partial charge is 0.316 e. The van der Waals surface area contributed by atoms with E-state index >= 15 is 0 Å². The van der Waals surface area contributed by atoms with Gasteiger partial charge in [0.1, 0.15) is 5.78 Å². The molecular weight excluding hydrogens is 206 g/mol. The molecule has 1 atom stereocenters. The summed E-state index contributed by atoms with van der Waals surface area (Å²) >= 11 is 0. The Hall–Kier alpha value is -1.30. The van der Waals surface area contributed by atoms with E-state index < -0.39 is 0 Å². The Morgan fingerprint density at radius 1 is 1.62 bits per heavy atom. The van der Waals surface area contributed by atoms with Crippen LogP contribution in [0.2, 0.25) is 0 Å². The number of rotatable bonds is 5. The van der Waals surface area contributed by atoms with Gasteiger partial charge in [0.2, 0.25) is 0 Å². The van der Waals surface area contributed by atoms with Crippen LogP contribution in [0.15, 0.2) is 0 Å². The number of ketones is 1. The Balaban J connectivity index is 1.71. The van der Waals surface area contributed by atoms with Gasteiger partial charge in [0.15, 0.2) is 5.82 Å². The molecule has 0 aromatic carbocycles. The van der Waals surface area contributed by atoms with E-state index in [0.29, 0.717) is 24.6 Å². The summed E-state index contributed by atoms with van der Waals surface area (Å²) in [5.74, 6) is 1.40. The SMILES string of the molecule is Cn1nnc(CC(=O)CCC2CCNC2)n1. The smallest absolute Gasteiger partial charge is 0.182 e. The van der Waals surface area contributed by atoms with E-state index in [9.17, 15) is 4.79 Å². The van der Waals surface area contributed by atoms with Crippen molar-refractivity contribution in [1.29, 1.82) is 0 Å². The summed E-state index contributed by atoms with van der Waals surface area (Å²) in [7, 11) is 1.70. The van der Waals surface area contributed by atoms with Gasteiger partial charge in [-0.25, -0.2) is 0 Å². The molecule has 1 aromatic rings. The second-order valence-electron chi connectivity index (χ2n) is 4.31. The lowest BCUT2D eigenvalue weighted by Crippen LogP contribution is -2.11. The van der Waals surface area contributed by atoms with Gasteiger partial charge in [-0.05, 0) is 37.1 Å². The molecule has 1 aliphatic rings. The van der Waals surface area contributed by atoms with Gasteiger partial charge in [-0.1, -0.05) is 0 Å². The first-order valence-corrected chi connectivity index (χ1v) is 5.69. The van der Waals surface area contributed by atoms with Crippen molar-refractivity contribution in [3.8, 4) is 0 Å². The van der Waals surface area contributed by atoms with E-state index in [2.05, 4.69) is 20.7 Å². The zero-order chi connectivity index (χ0) is 11.4. The molecule has 2 rings (SSSR count). The molecule has 0 bridgehead atoms. The number of tetrazole rings is 1. The van der Waals surface area contributed by atoms with Gasteiger partial charge >= 0.3 is 0 Å². The van der Waals surface area contributed by atoms with Crippen LogP contribution in [0.1, 0.15) is 25.1 Å². The monoisotopic (exact) mass is 223 g/mol. The first-order chi connectivity index (χ1) is 7.74. The van der Waals surface area contributed by atoms with E-state index in [4.69, 9.17) is 0 Å². The quantitative estimate of drug-likeness (QED) is 0.742. The number of hydrogen-bond acceptors (Lipinski definition) is 5. The Kier molecular flexibility index (Phi) is 3.61. The number of nitrogens with zero attached hydrogens (tertiary/aromatic N) is 4. The van der Waals surface area contributed by atoms with E-state index in [1.54, 1.807) is 7.05 Å². The van der Waals surface area contributed by atoms with Gasteiger partial charge in [-0.15, -0.1) is 10.2 Å². The first kappa shape index (κ1) is 11.2. The lowest BCUT2D eigenvalue weighted by Gasteiger charge is -2.05. The van der Waals surface area contributed by atoms with Crippen molar-refractivity contribution in [1.82, 2.24) is 25.5 Å². The highest BCUT2D eigenvalue weighted by Gasteiger charge is 2.16. The minimum Gasteiger partial charge on any atom is -0.316 e. The van der Waals surface area contributed by atoms with Gasteiger partial charge in [0.25, 0.3) is 0 Å². The minimum atomic E-state index is 0.208. The molecule has 1 unspecified atom stereocenters. The van der Waals surface area contributed by atoms with Crippen molar-refractivity contribution in [2.75, 3.05) is 13.1 Å². The summed E-state index contributed by atoms with van der Waals surface area (Å²) in [6.45, 7) is 2.14. The number of nitrogens with one attached hydrogen (secondary N) is 1. The summed E-state index contributed by atoms with van der Waals surface area (Å²) < 4.78 is 0. The maximum atomic E-state index is 11.6. The molecule has 0 aliphatic carbocycles. The fourth-order valence-corrected chi connectivity index (χ4v) is 1.98. The number of aryl methyl sites for hydroxylation is 1. The molecule has 6 nitrogen and oxygen atoms in total. The molecule has 16 heavy (non-hydrogen) atoms. The van der Waals surface area contributed by atoms with Crippen LogP contribution < -0.4 is 5.32 Å². The Bertz CT molecular complexity index is 356. The molecule has 1 saturated heterocycles. The molecule has 1 aromatic heterocycles. The molecule has 1 fully saturated rings. The van der Waals surface area contributed by atoms with E-state index in [0.717, 1.165) is 19.5 Å². The van der Waals surface area contributed by atoms with Gasteiger partial charge in [0, 0.05) is 6.42 Å². The van der Waals surface area contributed by atoms with Gasteiger partial charge in [-0.2, -0.15) is 4.80 Å². The predicted molar refractivity (Wildman–Crippen MR) is 57.7 cm³/mol. The average molecular weight is 223 g/mol. The Morgan fingerprint density at radius 2 is 2.50 bits per heavy atom. The summed E-state index contributed by atoms with van der Waals surface area (Å²) in [6, 6.07) is 0. The summed E-state index contributed by atoms with van der Waals surface area (Å²) in [6.07, 6.45) is 3.11. The Labute approximate surface area is 94.4 Å². The van der Waals surface area contributed by atoms with Crippen LogP contribution in [0, 0.1) is 5.92 Å². The van der Waals surface area contributed by atoms with Crippen molar-refractivity contribution < 1.29 is 4.79 Å². The summed E-state index contributed by atoms with van der Waals surface area (Å²) in [5, 5.41) is 14.8. The maximum Gasteiger partial charge on any atom is 0.182 e. The predicted octanol–water partition coefficient (Wildman–Crippen LogP) is -0.289. The number of carbonyl (C=O) groups is 1. The third-order valence-corrected chi connectivity index (χ3v) is 2.90. The van der Waals surface area contributed by atoms with Crippen LogP contribution in [0.4, 0.5) is 0 Å². The van der Waals surface area contributed by atoms with Gasteiger partial charge < -0.3 is 5.32 Å². The van der Waals surface area contributed by atoms with Gasteiger partial charge in [-0.3, -0.25) is 4.79 Å². The van der Waals surface area contributed by atoms with Crippen LogP contribution >= 0.6 is 0 Å². The number of aromatic nitrogens is 4. The number of carbonyl (C=O) groups excluding carboxylic acids is 1. The zero-order valence-electron chi connectivity index (χ0n) is 9.52. The molecule has 88 valence electrons. The number of Topliss-reactive ketones (excluding diaryl/α,β-unsaturated/α-hetero) is 1. The van der Waals surface area contributed by atoms with Gasteiger partial charge in [0.05, 0.1) is 13.5 Å². The second-order valence-corrected chi connectivity index (χ2v) is 4.31. The first-order valence-electron chi connectivity index (χ1n) is 5.69. The lowest BCUT2D eigenvalue weighted by molar-refractivity contribution is -0.118. The van der Waals surface area contributed by atoms with E-state index in [1.807, 2.05) is 0 Å². The third-order valence-electron chi connectivity index (χ3n) is 2.90. The highest BCUT2D eigenvalue weighted by Crippen LogP contribution is 2.14. The van der Waals surface area contributed by atoms with E-state index in [-0.39, 0.29) is 5.78 Å². The maximum absolute atomic E-state index is 11.6.